The number of tetrazole rings is 1. The van der Waals surface area contributed by atoms with Crippen molar-refractivity contribution in [2.24, 2.45) is 0 Å². The molecular weight excluding hydrogens is 222 g/mol. The highest BCUT2D eigenvalue weighted by Gasteiger charge is 2.10. The Morgan fingerprint density at radius 1 is 1.53 bits per heavy atom. The van der Waals surface area contributed by atoms with Crippen LogP contribution in [0.5, 0.6) is 0 Å². The van der Waals surface area contributed by atoms with Gasteiger partial charge in [0.2, 0.25) is 5.91 Å². The molecule has 0 aliphatic carbocycles. The fraction of sp³-hybridized carbons (Fsp3) is 0.444. The van der Waals surface area contributed by atoms with Gasteiger partial charge in [0.25, 0.3) is 0 Å². The van der Waals surface area contributed by atoms with Crippen LogP contribution in [0.15, 0.2) is 18.6 Å². The molecular formula is C9H13N7O. The van der Waals surface area contributed by atoms with Crippen molar-refractivity contribution in [1.29, 1.82) is 0 Å². The highest BCUT2D eigenvalue weighted by molar-refractivity contribution is 5.89. The van der Waals surface area contributed by atoms with Gasteiger partial charge in [0.1, 0.15) is 18.7 Å². The second-order valence-corrected chi connectivity index (χ2v) is 3.81. The quantitative estimate of drug-likeness (QED) is 0.811. The van der Waals surface area contributed by atoms with Gasteiger partial charge in [0.05, 0.1) is 6.20 Å². The van der Waals surface area contributed by atoms with Crippen LogP contribution in [0.2, 0.25) is 0 Å². The van der Waals surface area contributed by atoms with Crippen LogP contribution < -0.4 is 5.32 Å². The average Bonchev–Trinajstić information content (AvgIpc) is 2.88. The second-order valence-electron chi connectivity index (χ2n) is 3.81. The molecule has 8 nitrogen and oxygen atoms in total. The standard InChI is InChI=1S/C9H13N7O/c1-7(2)16-8(3-4-11-16)12-9(17)5-15-6-10-13-14-15/h3-4,6-7H,5H2,1-2H3,(H,12,17). The summed E-state index contributed by atoms with van der Waals surface area (Å²) < 4.78 is 3.09. The molecule has 2 heterocycles. The maximum absolute atomic E-state index is 11.7. The zero-order chi connectivity index (χ0) is 12.3. The first-order valence-corrected chi connectivity index (χ1v) is 5.21. The molecule has 0 aliphatic rings. The van der Waals surface area contributed by atoms with E-state index in [1.807, 2.05) is 13.8 Å². The zero-order valence-electron chi connectivity index (χ0n) is 9.61. The van der Waals surface area contributed by atoms with Gasteiger partial charge >= 0.3 is 0 Å². The minimum absolute atomic E-state index is 0.0796. The van der Waals surface area contributed by atoms with E-state index in [4.69, 9.17) is 0 Å². The van der Waals surface area contributed by atoms with Crippen LogP contribution in [-0.2, 0) is 11.3 Å². The van der Waals surface area contributed by atoms with Crippen molar-refractivity contribution in [3.63, 3.8) is 0 Å². The van der Waals surface area contributed by atoms with Gasteiger partial charge < -0.3 is 5.32 Å². The van der Waals surface area contributed by atoms with E-state index >= 15 is 0 Å². The third kappa shape index (κ3) is 2.65. The van der Waals surface area contributed by atoms with E-state index in [9.17, 15) is 4.79 Å². The highest BCUT2D eigenvalue weighted by atomic mass is 16.2. The molecule has 0 radical (unpaired) electrons. The van der Waals surface area contributed by atoms with Crippen molar-refractivity contribution < 1.29 is 4.79 Å². The van der Waals surface area contributed by atoms with Gasteiger partial charge in [0, 0.05) is 12.1 Å². The number of amides is 1. The first-order valence-electron chi connectivity index (χ1n) is 5.21. The van der Waals surface area contributed by atoms with Gasteiger partial charge in [-0.2, -0.15) is 5.10 Å². The van der Waals surface area contributed by atoms with E-state index in [0.717, 1.165) is 0 Å². The van der Waals surface area contributed by atoms with Gasteiger partial charge in [-0.05, 0) is 24.3 Å². The number of anilines is 1. The first-order chi connectivity index (χ1) is 8.16. The summed E-state index contributed by atoms with van der Waals surface area (Å²) in [6.45, 7) is 4.06. The fourth-order valence-corrected chi connectivity index (χ4v) is 1.41. The minimum Gasteiger partial charge on any atom is -0.309 e. The van der Waals surface area contributed by atoms with Crippen molar-refractivity contribution in [2.45, 2.75) is 26.4 Å². The van der Waals surface area contributed by atoms with Crippen molar-refractivity contribution in [2.75, 3.05) is 5.32 Å². The molecule has 8 heteroatoms. The summed E-state index contributed by atoms with van der Waals surface area (Å²) in [5, 5.41) is 17.4. The Labute approximate surface area is 97.6 Å². The van der Waals surface area contributed by atoms with Crippen LogP contribution in [0, 0.1) is 0 Å². The molecule has 2 aromatic rings. The van der Waals surface area contributed by atoms with Crippen LogP contribution in [0.4, 0.5) is 5.82 Å². The normalized spacial score (nSPS) is 10.8. The molecule has 0 aliphatic heterocycles. The lowest BCUT2D eigenvalue weighted by Crippen LogP contribution is -2.21. The molecule has 0 fully saturated rings. The Balaban J connectivity index is 2.01. The number of hydrogen-bond donors (Lipinski definition) is 1. The minimum atomic E-state index is -0.195. The average molecular weight is 235 g/mol. The molecule has 0 unspecified atom stereocenters. The van der Waals surface area contributed by atoms with E-state index in [2.05, 4.69) is 25.9 Å². The van der Waals surface area contributed by atoms with Crippen LogP contribution in [0.25, 0.3) is 0 Å². The zero-order valence-corrected chi connectivity index (χ0v) is 9.61. The molecule has 90 valence electrons. The lowest BCUT2D eigenvalue weighted by atomic mass is 10.4. The number of carbonyl (C=O) groups excluding carboxylic acids is 1. The molecule has 2 aromatic heterocycles. The number of hydrogen-bond acceptors (Lipinski definition) is 5. The molecule has 0 bridgehead atoms. The second kappa shape index (κ2) is 4.73. The monoisotopic (exact) mass is 235 g/mol. The van der Waals surface area contributed by atoms with E-state index in [1.165, 1.54) is 11.0 Å². The van der Waals surface area contributed by atoms with Gasteiger partial charge in [-0.1, -0.05) is 0 Å². The summed E-state index contributed by atoms with van der Waals surface area (Å²) >= 11 is 0. The molecule has 1 N–H and O–H groups in total. The SMILES string of the molecule is CC(C)n1nccc1NC(=O)Cn1cnnn1. The predicted octanol–water partition coefficient (Wildman–Crippen LogP) is 0.0892. The summed E-state index contributed by atoms with van der Waals surface area (Å²) in [6.07, 6.45) is 3.03. The molecule has 0 aromatic carbocycles. The van der Waals surface area contributed by atoms with E-state index in [-0.39, 0.29) is 18.5 Å². The molecule has 0 spiro atoms. The summed E-state index contributed by atoms with van der Waals surface area (Å²) in [5.41, 5.74) is 0. The Kier molecular flexibility index (Phi) is 3.12. The van der Waals surface area contributed by atoms with E-state index < -0.39 is 0 Å². The Hall–Kier alpha value is -2.25. The third-order valence-electron chi connectivity index (χ3n) is 2.12. The molecule has 1 amide bonds. The van der Waals surface area contributed by atoms with Gasteiger partial charge in [-0.25, -0.2) is 9.36 Å². The highest BCUT2D eigenvalue weighted by Crippen LogP contribution is 2.12. The predicted molar refractivity (Wildman–Crippen MR) is 59.1 cm³/mol. The molecule has 17 heavy (non-hydrogen) atoms. The van der Waals surface area contributed by atoms with Gasteiger partial charge in [-0.3, -0.25) is 4.79 Å². The third-order valence-corrected chi connectivity index (χ3v) is 2.12. The smallest absolute Gasteiger partial charge is 0.247 e. The topological polar surface area (TPSA) is 90.5 Å². The summed E-state index contributed by atoms with van der Waals surface area (Å²) in [6, 6.07) is 1.94. The van der Waals surface area contributed by atoms with Gasteiger partial charge in [0.15, 0.2) is 0 Å². The maximum atomic E-state index is 11.7. The maximum Gasteiger partial charge on any atom is 0.247 e. The first kappa shape index (κ1) is 11.2. The lowest BCUT2D eigenvalue weighted by Gasteiger charge is -2.11. The number of rotatable bonds is 4. The summed E-state index contributed by atoms with van der Waals surface area (Å²) in [7, 11) is 0. The van der Waals surface area contributed by atoms with Gasteiger partial charge in [-0.15, -0.1) is 5.10 Å². The number of nitrogens with zero attached hydrogens (tertiary/aromatic N) is 6. The molecule has 0 saturated carbocycles. The van der Waals surface area contributed by atoms with E-state index in [0.29, 0.717) is 5.82 Å². The van der Waals surface area contributed by atoms with Crippen LogP contribution in [0.1, 0.15) is 19.9 Å². The Morgan fingerprint density at radius 2 is 2.35 bits per heavy atom. The van der Waals surface area contributed by atoms with Crippen LogP contribution >= 0.6 is 0 Å². The van der Waals surface area contributed by atoms with Crippen molar-refractivity contribution in [3.05, 3.63) is 18.6 Å². The summed E-state index contributed by atoms with van der Waals surface area (Å²) in [4.78, 5) is 11.7. The molecule has 2 rings (SSSR count). The van der Waals surface area contributed by atoms with E-state index in [1.54, 1.807) is 16.9 Å². The number of nitrogens with one attached hydrogen (secondary N) is 1. The Bertz CT molecular complexity index is 487. The van der Waals surface area contributed by atoms with Crippen LogP contribution in [0.3, 0.4) is 0 Å². The van der Waals surface area contributed by atoms with Crippen molar-refractivity contribution >= 4 is 11.7 Å². The number of aromatic nitrogens is 6. The molecule has 0 saturated heterocycles. The Morgan fingerprint density at radius 3 is 3.00 bits per heavy atom. The largest absolute Gasteiger partial charge is 0.309 e. The number of carbonyl (C=O) groups is 1. The van der Waals surface area contributed by atoms with Crippen molar-refractivity contribution in [3.8, 4) is 0 Å². The lowest BCUT2D eigenvalue weighted by molar-refractivity contribution is -0.117. The molecule has 0 atom stereocenters. The van der Waals surface area contributed by atoms with Crippen molar-refractivity contribution in [1.82, 2.24) is 30.0 Å². The van der Waals surface area contributed by atoms with Crippen LogP contribution in [-0.4, -0.2) is 35.9 Å². The summed E-state index contributed by atoms with van der Waals surface area (Å²) in [5.74, 6) is 0.470. The fourth-order valence-electron chi connectivity index (χ4n) is 1.41.